The number of para-hydroxylation sites is 1. The number of hydrogen-bond acceptors (Lipinski definition) is 6. The van der Waals surface area contributed by atoms with Crippen LogP contribution in [0.4, 0.5) is 0 Å². The van der Waals surface area contributed by atoms with Gasteiger partial charge in [-0.25, -0.2) is 8.42 Å². The molecule has 4 rings (SSSR count). The van der Waals surface area contributed by atoms with E-state index >= 15 is 0 Å². The summed E-state index contributed by atoms with van der Waals surface area (Å²) in [4.78, 5) is 41.1. The van der Waals surface area contributed by atoms with Crippen LogP contribution in [0.5, 0.6) is 5.75 Å². The van der Waals surface area contributed by atoms with E-state index in [4.69, 9.17) is 4.74 Å². The van der Waals surface area contributed by atoms with Gasteiger partial charge in [0.1, 0.15) is 23.2 Å². The highest BCUT2D eigenvalue weighted by Gasteiger charge is 2.68. The van der Waals surface area contributed by atoms with Crippen molar-refractivity contribution in [2.24, 2.45) is 0 Å². The van der Waals surface area contributed by atoms with Gasteiger partial charge in [-0.3, -0.25) is 14.4 Å². The van der Waals surface area contributed by atoms with Crippen LogP contribution in [-0.4, -0.2) is 71.8 Å². The second-order valence-electron chi connectivity index (χ2n) is 8.73. The van der Waals surface area contributed by atoms with E-state index in [9.17, 15) is 22.8 Å². The van der Waals surface area contributed by atoms with E-state index in [1.165, 1.54) is 23.6 Å². The summed E-state index contributed by atoms with van der Waals surface area (Å²) in [6.45, 7) is 3.58. The molecule has 3 amide bonds. The first kappa shape index (κ1) is 21.6. The van der Waals surface area contributed by atoms with Gasteiger partial charge >= 0.3 is 0 Å². The first-order chi connectivity index (χ1) is 14.6. The molecular weight excluding hydrogens is 422 g/mol. The van der Waals surface area contributed by atoms with E-state index in [2.05, 4.69) is 5.32 Å². The van der Waals surface area contributed by atoms with Crippen LogP contribution in [0.1, 0.15) is 38.7 Å². The van der Waals surface area contributed by atoms with Crippen LogP contribution in [0.25, 0.3) is 0 Å². The lowest BCUT2D eigenvalue weighted by atomic mass is 9.96. The molecule has 0 radical (unpaired) electrons. The number of sulfone groups is 1. The summed E-state index contributed by atoms with van der Waals surface area (Å²) in [6, 6.07) is 5.53. The minimum Gasteiger partial charge on any atom is -0.496 e. The Morgan fingerprint density at radius 1 is 1.26 bits per heavy atom. The average molecular weight is 450 g/mol. The van der Waals surface area contributed by atoms with E-state index in [0.29, 0.717) is 25.1 Å². The lowest BCUT2D eigenvalue weighted by Crippen LogP contribution is -2.61. The van der Waals surface area contributed by atoms with Crippen LogP contribution in [-0.2, 0) is 30.8 Å². The molecule has 3 atom stereocenters. The maximum atomic E-state index is 13.4. The Bertz CT molecular complexity index is 1040. The molecule has 1 aromatic carbocycles. The van der Waals surface area contributed by atoms with Gasteiger partial charge in [-0.2, -0.15) is 0 Å². The third kappa shape index (κ3) is 3.19. The fourth-order valence-corrected chi connectivity index (χ4v) is 6.96. The predicted octanol–water partition coefficient (Wildman–Crippen LogP) is 0.436. The number of ether oxygens (including phenoxy) is 1. The normalized spacial score (nSPS) is 28.1. The molecule has 3 heterocycles. The van der Waals surface area contributed by atoms with Gasteiger partial charge in [-0.05, 0) is 32.8 Å². The summed E-state index contributed by atoms with van der Waals surface area (Å²) in [5.74, 6) is -0.461. The van der Waals surface area contributed by atoms with Crippen molar-refractivity contribution in [1.82, 2.24) is 15.1 Å². The zero-order valence-corrected chi connectivity index (χ0v) is 18.6. The van der Waals surface area contributed by atoms with Gasteiger partial charge in [0.25, 0.3) is 0 Å². The van der Waals surface area contributed by atoms with Crippen molar-refractivity contribution >= 4 is 27.6 Å². The maximum absolute atomic E-state index is 13.4. The number of fused-ring (bicyclic) bond motifs is 1. The van der Waals surface area contributed by atoms with Gasteiger partial charge in [0.15, 0.2) is 9.84 Å². The van der Waals surface area contributed by atoms with Gasteiger partial charge in [0, 0.05) is 18.7 Å². The molecule has 10 heteroatoms. The molecule has 3 fully saturated rings. The molecule has 3 unspecified atom stereocenters. The van der Waals surface area contributed by atoms with E-state index < -0.39 is 37.9 Å². The largest absolute Gasteiger partial charge is 0.496 e. The predicted molar refractivity (Wildman–Crippen MR) is 112 cm³/mol. The fraction of sp³-hybridized carbons (Fsp3) is 0.571. The van der Waals surface area contributed by atoms with E-state index in [1.807, 2.05) is 18.2 Å². The zero-order chi connectivity index (χ0) is 22.6. The monoisotopic (exact) mass is 449 g/mol. The molecule has 3 aliphatic rings. The molecule has 0 aromatic heterocycles. The van der Waals surface area contributed by atoms with Crippen molar-refractivity contribution in [3.05, 3.63) is 29.8 Å². The van der Waals surface area contributed by atoms with Crippen LogP contribution in [0.3, 0.4) is 0 Å². The lowest BCUT2D eigenvalue weighted by molar-refractivity contribution is -0.155. The second-order valence-corrected chi connectivity index (χ2v) is 11.4. The minimum atomic E-state index is -3.67. The highest BCUT2D eigenvalue weighted by atomic mass is 32.2. The topological polar surface area (TPSA) is 113 Å². The molecule has 0 spiro atoms. The molecule has 0 aliphatic carbocycles. The first-order valence-electron chi connectivity index (χ1n) is 10.4. The lowest BCUT2D eigenvalue weighted by Gasteiger charge is -2.39. The van der Waals surface area contributed by atoms with Crippen LogP contribution in [0.15, 0.2) is 24.3 Å². The molecule has 9 nitrogen and oxygen atoms in total. The van der Waals surface area contributed by atoms with Gasteiger partial charge in [0.2, 0.25) is 17.7 Å². The van der Waals surface area contributed by atoms with E-state index in [1.54, 1.807) is 13.2 Å². The van der Waals surface area contributed by atoms with Crippen LogP contribution in [0, 0.1) is 0 Å². The Balaban J connectivity index is 1.51. The maximum Gasteiger partial charge on any atom is 0.247 e. The van der Waals surface area contributed by atoms with Crippen LogP contribution >= 0.6 is 0 Å². The Morgan fingerprint density at radius 2 is 1.97 bits per heavy atom. The number of benzene rings is 1. The summed E-state index contributed by atoms with van der Waals surface area (Å²) in [5.41, 5.74) is 0.811. The number of likely N-dealkylation sites (tertiary alicyclic amines) is 1. The zero-order valence-electron chi connectivity index (χ0n) is 17.8. The van der Waals surface area contributed by atoms with Gasteiger partial charge in [0.05, 0.1) is 18.3 Å². The molecule has 3 saturated heterocycles. The van der Waals surface area contributed by atoms with E-state index in [-0.39, 0.29) is 24.8 Å². The summed E-state index contributed by atoms with van der Waals surface area (Å²) in [7, 11) is -2.12. The van der Waals surface area contributed by atoms with Crippen molar-refractivity contribution in [2.75, 3.05) is 13.7 Å². The number of carbonyl (C=O) groups excluding carboxylic acids is 3. The Hall–Kier alpha value is -2.62. The second kappa shape index (κ2) is 7.51. The number of carbonyl (C=O) groups is 3. The van der Waals surface area contributed by atoms with Crippen molar-refractivity contribution < 1.29 is 27.5 Å². The van der Waals surface area contributed by atoms with Gasteiger partial charge in [-0.15, -0.1) is 0 Å². The van der Waals surface area contributed by atoms with Crippen molar-refractivity contribution in [2.45, 2.75) is 61.9 Å². The van der Waals surface area contributed by atoms with E-state index in [0.717, 1.165) is 5.56 Å². The molecular formula is C21H27N3O6S. The minimum absolute atomic E-state index is 0.0850. The molecule has 1 N–H and O–H groups in total. The number of nitrogens with zero attached hydrogens (tertiary/aromatic N) is 2. The Labute approximate surface area is 181 Å². The smallest absolute Gasteiger partial charge is 0.247 e. The Morgan fingerprint density at radius 3 is 2.65 bits per heavy atom. The third-order valence-electron chi connectivity index (χ3n) is 6.69. The van der Waals surface area contributed by atoms with Crippen molar-refractivity contribution in [3.63, 3.8) is 0 Å². The highest BCUT2D eigenvalue weighted by molar-refractivity contribution is 7.93. The van der Waals surface area contributed by atoms with Crippen molar-refractivity contribution in [3.8, 4) is 5.75 Å². The SMILES string of the molecule is COc1ccccc1CNC(=O)C1CCCN1C(=O)C1N2C(=O)CC2S(=O)(=O)C1(C)C. The van der Waals surface area contributed by atoms with Crippen LogP contribution in [0.2, 0.25) is 0 Å². The Kier molecular flexibility index (Phi) is 5.23. The summed E-state index contributed by atoms with van der Waals surface area (Å²) in [6.07, 6.45) is 1.04. The van der Waals surface area contributed by atoms with Gasteiger partial charge in [-0.1, -0.05) is 18.2 Å². The average Bonchev–Trinajstić information content (AvgIpc) is 3.26. The molecule has 0 saturated carbocycles. The number of methoxy groups -OCH3 is 1. The quantitative estimate of drug-likeness (QED) is 0.653. The van der Waals surface area contributed by atoms with Crippen molar-refractivity contribution in [1.29, 1.82) is 0 Å². The molecule has 1 aromatic rings. The van der Waals surface area contributed by atoms with Gasteiger partial charge < -0.3 is 19.9 Å². The number of nitrogens with one attached hydrogen (secondary N) is 1. The number of hydrogen-bond donors (Lipinski definition) is 1. The number of amides is 3. The summed E-state index contributed by atoms with van der Waals surface area (Å²) >= 11 is 0. The standard InChI is InChI=1S/C21H27N3O6S/c1-21(2)18(24-16(25)11-17(24)31(21,28)29)20(27)23-10-6-8-14(23)19(26)22-12-13-7-4-5-9-15(13)30-3/h4-5,7,9,14,17-18H,6,8,10-12H2,1-3H3,(H,22,26). The molecule has 0 bridgehead atoms. The summed E-state index contributed by atoms with van der Waals surface area (Å²) in [5, 5.41) is 1.92. The number of rotatable bonds is 5. The third-order valence-corrected chi connectivity index (χ3v) is 9.49. The highest BCUT2D eigenvalue weighted by Crippen LogP contribution is 2.46. The molecule has 168 valence electrons. The first-order valence-corrected chi connectivity index (χ1v) is 11.9. The molecule has 31 heavy (non-hydrogen) atoms. The fourth-order valence-electron chi connectivity index (χ4n) is 4.84. The van der Waals surface area contributed by atoms with Crippen LogP contribution < -0.4 is 10.1 Å². The number of β-lactam (4-membered cyclic amide) rings is 1. The summed E-state index contributed by atoms with van der Waals surface area (Å²) < 4.78 is 29.6. The molecule has 3 aliphatic heterocycles.